The van der Waals surface area contributed by atoms with Gasteiger partial charge < -0.3 is 19.9 Å². The number of aryl methyl sites for hydroxylation is 1. The zero-order valence-electron chi connectivity index (χ0n) is 22.6. The Kier molecular flexibility index (Phi) is 8.00. The number of aromatic nitrogens is 2. The standard InChI is InChI=1S/C29H39N5O4/c1-20-7-3-6-10-26(20)38-23-13-17-32(18-14-23)27(36)19-34-25-9-5-4-8-24(25)28(31-34)29(37)33-15-11-22(12-16-33)30-21(2)35/h3,6-7,10,22-23H,4-5,8-9,11-19H2,1-2H3,(H,30,35). The van der Waals surface area contributed by atoms with E-state index in [1.165, 1.54) is 6.92 Å². The Morgan fingerprint density at radius 2 is 1.66 bits per heavy atom. The Balaban J connectivity index is 1.20. The summed E-state index contributed by atoms with van der Waals surface area (Å²) in [4.78, 5) is 41.9. The minimum absolute atomic E-state index is 0.0321. The van der Waals surface area contributed by atoms with Gasteiger partial charge in [0.15, 0.2) is 5.69 Å². The number of nitrogens with zero attached hydrogens (tertiary/aromatic N) is 4. The van der Waals surface area contributed by atoms with Crippen molar-refractivity contribution in [3.8, 4) is 5.75 Å². The van der Waals surface area contributed by atoms with Gasteiger partial charge in [0.25, 0.3) is 5.91 Å². The van der Waals surface area contributed by atoms with Crippen molar-refractivity contribution >= 4 is 17.7 Å². The van der Waals surface area contributed by atoms with Crippen LogP contribution in [-0.4, -0.2) is 75.6 Å². The Bertz CT molecular complexity index is 1180. The molecule has 9 nitrogen and oxygen atoms in total. The number of likely N-dealkylation sites (tertiary alicyclic amines) is 2. The second-order valence-electron chi connectivity index (χ2n) is 10.9. The number of nitrogens with one attached hydrogen (secondary N) is 1. The lowest BCUT2D eigenvalue weighted by Gasteiger charge is -2.32. The summed E-state index contributed by atoms with van der Waals surface area (Å²) in [6.07, 6.45) is 6.96. The number of fused-ring (bicyclic) bond motifs is 1. The Labute approximate surface area is 224 Å². The van der Waals surface area contributed by atoms with E-state index in [4.69, 9.17) is 9.84 Å². The van der Waals surface area contributed by atoms with Gasteiger partial charge in [-0.2, -0.15) is 5.10 Å². The van der Waals surface area contributed by atoms with Gasteiger partial charge in [-0.3, -0.25) is 19.1 Å². The molecule has 0 bridgehead atoms. The highest BCUT2D eigenvalue weighted by atomic mass is 16.5. The van der Waals surface area contributed by atoms with E-state index in [1.54, 1.807) is 4.68 Å². The SMILES string of the molecule is CC(=O)NC1CCN(C(=O)c2nn(CC(=O)N3CCC(Oc4ccccc4C)CC3)c3c2CCCC3)CC1. The number of benzene rings is 1. The first-order valence-electron chi connectivity index (χ1n) is 14.0. The highest BCUT2D eigenvalue weighted by molar-refractivity contribution is 5.94. The summed E-state index contributed by atoms with van der Waals surface area (Å²) >= 11 is 0. The topological polar surface area (TPSA) is 96.8 Å². The monoisotopic (exact) mass is 521 g/mol. The van der Waals surface area contributed by atoms with E-state index < -0.39 is 0 Å². The molecular formula is C29H39N5O4. The highest BCUT2D eigenvalue weighted by Gasteiger charge is 2.32. The number of hydrogen-bond donors (Lipinski definition) is 1. The molecule has 1 aromatic heterocycles. The number of hydrogen-bond acceptors (Lipinski definition) is 5. The van der Waals surface area contributed by atoms with Gasteiger partial charge >= 0.3 is 0 Å². The molecule has 0 spiro atoms. The molecule has 1 aliphatic carbocycles. The third-order valence-corrected chi connectivity index (χ3v) is 8.12. The molecule has 2 saturated heterocycles. The van der Waals surface area contributed by atoms with Crippen LogP contribution < -0.4 is 10.1 Å². The summed E-state index contributed by atoms with van der Waals surface area (Å²) in [5.41, 5.74) is 3.69. The first-order chi connectivity index (χ1) is 18.4. The molecule has 204 valence electrons. The Hall–Kier alpha value is -3.36. The van der Waals surface area contributed by atoms with Crippen molar-refractivity contribution < 1.29 is 19.1 Å². The predicted octanol–water partition coefficient (Wildman–Crippen LogP) is 2.88. The van der Waals surface area contributed by atoms with Crippen molar-refractivity contribution in [2.45, 2.75) is 83.9 Å². The maximum atomic E-state index is 13.5. The number of ether oxygens (including phenoxy) is 1. The summed E-state index contributed by atoms with van der Waals surface area (Å²) in [5.74, 6) is 0.877. The molecule has 0 radical (unpaired) electrons. The molecule has 0 atom stereocenters. The van der Waals surface area contributed by atoms with Crippen LogP contribution in [0.1, 0.15) is 72.8 Å². The van der Waals surface area contributed by atoms with Crippen LogP contribution in [0.15, 0.2) is 24.3 Å². The van der Waals surface area contributed by atoms with Gasteiger partial charge in [-0.15, -0.1) is 0 Å². The number of para-hydroxylation sites is 1. The first kappa shape index (κ1) is 26.3. The third-order valence-electron chi connectivity index (χ3n) is 8.12. The first-order valence-corrected chi connectivity index (χ1v) is 14.0. The van der Waals surface area contributed by atoms with Crippen LogP contribution in [0.2, 0.25) is 0 Å². The fourth-order valence-electron chi connectivity index (χ4n) is 5.96. The quantitative estimate of drug-likeness (QED) is 0.631. The molecule has 3 amide bonds. The maximum absolute atomic E-state index is 13.5. The van der Waals surface area contributed by atoms with Gasteiger partial charge in [-0.05, 0) is 57.1 Å². The van der Waals surface area contributed by atoms with E-state index >= 15 is 0 Å². The molecule has 2 fully saturated rings. The van der Waals surface area contributed by atoms with E-state index in [9.17, 15) is 14.4 Å². The van der Waals surface area contributed by atoms with Crippen molar-refractivity contribution in [2.24, 2.45) is 0 Å². The molecule has 3 heterocycles. The second-order valence-corrected chi connectivity index (χ2v) is 10.9. The molecule has 2 aliphatic heterocycles. The molecule has 9 heteroatoms. The highest BCUT2D eigenvalue weighted by Crippen LogP contribution is 2.27. The van der Waals surface area contributed by atoms with Crippen molar-refractivity contribution in [3.05, 3.63) is 46.8 Å². The van der Waals surface area contributed by atoms with Gasteiger partial charge in [0.1, 0.15) is 18.4 Å². The van der Waals surface area contributed by atoms with Crippen LogP contribution in [0.5, 0.6) is 5.75 Å². The lowest BCUT2D eigenvalue weighted by Crippen LogP contribution is -2.46. The summed E-state index contributed by atoms with van der Waals surface area (Å²) in [5, 5.41) is 7.69. The van der Waals surface area contributed by atoms with Crippen LogP contribution in [0.3, 0.4) is 0 Å². The lowest BCUT2D eigenvalue weighted by atomic mass is 9.95. The van der Waals surface area contributed by atoms with Gasteiger partial charge in [0.2, 0.25) is 11.8 Å². The number of piperidine rings is 2. The van der Waals surface area contributed by atoms with Crippen molar-refractivity contribution in [1.82, 2.24) is 24.9 Å². The molecule has 38 heavy (non-hydrogen) atoms. The molecule has 1 aromatic carbocycles. The summed E-state index contributed by atoms with van der Waals surface area (Å²) in [7, 11) is 0. The van der Waals surface area contributed by atoms with Crippen LogP contribution in [-0.2, 0) is 29.0 Å². The van der Waals surface area contributed by atoms with Gasteiger partial charge in [-0.25, -0.2) is 0 Å². The zero-order chi connectivity index (χ0) is 26.6. The maximum Gasteiger partial charge on any atom is 0.274 e. The van der Waals surface area contributed by atoms with Gasteiger partial charge in [0.05, 0.1) is 0 Å². The second kappa shape index (κ2) is 11.6. The zero-order valence-corrected chi connectivity index (χ0v) is 22.6. The minimum atomic E-state index is -0.0511. The lowest BCUT2D eigenvalue weighted by molar-refractivity contribution is -0.133. The molecule has 0 unspecified atom stereocenters. The van der Waals surface area contributed by atoms with E-state index in [2.05, 4.69) is 5.32 Å². The van der Waals surface area contributed by atoms with Gasteiger partial charge in [0, 0.05) is 63.2 Å². The molecule has 0 saturated carbocycles. The van der Waals surface area contributed by atoms with Gasteiger partial charge in [-0.1, -0.05) is 18.2 Å². The number of carbonyl (C=O) groups is 3. The fraction of sp³-hybridized carbons (Fsp3) is 0.586. The van der Waals surface area contributed by atoms with E-state index in [0.717, 1.165) is 73.9 Å². The van der Waals surface area contributed by atoms with Crippen LogP contribution >= 0.6 is 0 Å². The van der Waals surface area contributed by atoms with Crippen molar-refractivity contribution in [2.75, 3.05) is 26.2 Å². The largest absolute Gasteiger partial charge is 0.490 e. The summed E-state index contributed by atoms with van der Waals surface area (Å²) in [6.45, 7) is 6.27. The molecule has 1 N–H and O–H groups in total. The number of amides is 3. The van der Waals surface area contributed by atoms with Crippen molar-refractivity contribution in [3.63, 3.8) is 0 Å². The molecular weight excluding hydrogens is 482 g/mol. The van der Waals surface area contributed by atoms with E-state index in [1.807, 2.05) is 41.0 Å². The average molecular weight is 522 g/mol. The van der Waals surface area contributed by atoms with Crippen molar-refractivity contribution in [1.29, 1.82) is 0 Å². The summed E-state index contributed by atoms with van der Waals surface area (Å²) < 4.78 is 8.00. The van der Waals surface area contributed by atoms with Crippen LogP contribution in [0.25, 0.3) is 0 Å². The third kappa shape index (κ3) is 5.87. The molecule has 5 rings (SSSR count). The predicted molar refractivity (Wildman–Crippen MR) is 143 cm³/mol. The molecule has 2 aromatic rings. The van der Waals surface area contributed by atoms with Crippen LogP contribution in [0, 0.1) is 6.92 Å². The van der Waals surface area contributed by atoms with Crippen LogP contribution in [0.4, 0.5) is 0 Å². The average Bonchev–Trinajstić information content (AvgIpc) is 3.28. The minimum Gasteiger partial charge on any atom is -0.490 e. The fourth-order valence-corrected chi connectivity index (χ4v) is 5.96. The van der Waals surface area contributed by atoms with E-state index in [-0.39, 0.29) is 36.4 Å². The van der Waals surface area contributed by atoms with E-state index in [0.29, 0.717) is 31.9 Å². The molecule has 3 aliphatic rings. The number of carbonyl (C=O) groups excluding carboxylic acids is 3. The Morgan fingerprint density at radius 3 is 2.37 bits per heavy atom. The smallest absolute Gasteiger partial charge is 0.274 e. The summed E-state index contributed by atoms with van der Waals surface area (Å²) in [6, 6.07) is 8.15. The Morgan fingerprint density at radius 1 is 0.974 bits per heavy atom. The number of rotatable bonds is 6. The normalized spacial score (nSPS) is 18.7.